The number of halogens is 2. The Morgan fingerprint density at radius 3 is 2.38 bits per heavy atom. The van der Waals surface area contributed by atoms with E-state index in [-0.39, 0.29) is 6.04 Å². The van der Waals surface area contributed by atoms with Crippen molar-refractivity contribution in [2.45, 2.75) is 13.0 Å². The molecule has 0 bridgehead atoms. The molecule has 2 rings (SSSR count). The first-order valence-corrected chi connectivity index (χ1v) is 4.83. The summed E-state index contributed by atoms with van der Waals surface area (Å²) in [6.45, 7) is 1.78. The molecule has 0 aliphatic heterocycles. The van der Waals surface area contributed by atoms with Crippen LogP contribution in [0.1, 0.15) is 18.5 Å². The minimum atomic E-state index is -0.604. The van der Waals surface area contributed by atoms with E-state index in [0.29, 0.717) is 11.4 Å². The molecule has 0 aliphatic carbocycles. The molecular weight excluding hydrogens is 212 g/mol. The Balaban J connectivity index is 2.41. The van der Waals surface area contributed by atoms with Gasteiger partial charge in [0.1, 0.15) is 17.5 Å². The van der Waals surface area contributed by atoms with E-state index in [1.807, 2.05) is 0 Å². The molecule has 0 radical (unpaired) electrons. The number of anilines is 1. The number of benzene rings is 1. The number of rotatable bonds is 2. The Labute approximate surface area is 91.5 Å². The molecule has 2 N–H and O–H groups in total. The topological polar surface area (TPSA) is 43.8 Å². The van der Waals surface area contributed by atoms with Crippen molar-refractivity contribution in [3.8, 4) is 0 Å². The van der Waals surface area contributed by atoms with Crippen LogP contribution in [0.15, 0.2) is 30.5 Å². The van der Waals surface area contributed by atoms with E-state index in [9.17, 15) is 8.78 Å². The van der Waals surface area contributed by atoms with Crippen LogP contribution in [0.2, 0.25) is 0 Å². The van der Waals surface area contributed by atoms with Crippen molar-refractivity contribution < 1.29 is 8.78 Å². The Morgan fingerprint density at radius 1 is 1.25 bits per heavy atom. The highest BCUT2D eigenvalue weighted by Crippen LogP contribution is 2.21. The van der Waals surface area contributed by atoms with Gasteiger partial charge in [0, 0.05) is 6.07 Å². The van der Waals surface area contributed by atoms with Crippen LogP contribution in [-0.2, 0) is 0 Å². The summed E-state index contributed by atoms with van der Waals surface area (Å²) < 4.78 is 27.6. The summed E-state index contributed by atoms with van der Waals surface area (Å²) in [5.41, 5.74) is 6.16. The van der Waals surface area contributed by atoms with Gasteiger partial charge in [-0.25, -0.2) is 13.5 Å². The molecule has 0 fully saturated rings. The van der Waals surface area contributed by atoms with Gasteiger partial charge in [0.2, 0.25) is 0 Å². The van der Waals surface area contributed by atoms with Crippen molar-refractivity contribution in [2.24, 2.45) is 0 Å². The second-order valence-corrected chi connectivity index (χ2v) is 3.58. The smallest absolute Gasteiger partial charge is 0.126 e. The predicted octanol–water partition coefficient (Wildman–Crippen LogP) is 2.35. The third-order valence-electron chi connectivity index (χ3n) is 2.44. The van der Waals surface area contributed by atoms with Gasteiger partial charge in [-0.2, -0.15) is 5.10 Å². The van der Waals surface area contributed by atoms with Gasteiger partial charge in [0.05, 0.1) is 12.2 Å². The third kappa shape index (κ3) is 1.88. The molecule has 84 valence electrons. The lowest BCUT2D eigenvalue weighted by atomic mass is 10.1. The maximum Gasteiger partial charge on any atom is 0.126 e. The number of nitrogens with two attached hydrogens (primary N) is 1. The summed E-state index contributed by atoms with van der Waals surface area (Å²) in [4.78, 5) is 0. The molecule has 1 aromatic heterocycles. The Hall–Kier alpha value is -1.91. The Morgan fingerprint density at radius 2 is 1.88 bits per heavy atom. The van der Waals surface area contributed by atoms with Crippen LogP contribution in [-0.4, -0.2) is 9.78 Å². The van der Waals surface area contributed by atoms with Crippen LogP contribution in [0, 0.1) is 11.6 Å². The molecule has 0 amide bonds. The normalized spacial score (nSPS) is 12.7. The highest BCUT2D eigenvalue weighted by atomic mass is 19.1. The van der Waals surface area contributed by atoms with Crippen molar-refractivity contribution in [3.05, 3.63) is 47.7 Å². The van der Waals surface area contributed by atoms with Crippen LogP contribution in [0.3, 0.4) is 0 Å². The molecule has 5 heteroatoms. The number of hydrogen-bond donors (Lipinski definition) is 1. The molecule has 0 saturated heterocycles. The lowest BCUT2D eigenvalue weighted by Crippen LogP contribution is -2.11. The summed E-state index contributed by atoms with van der Waals surface area (Å²) >= 11 is 0. The monoisotopic (exact) mass is 223 g/mol. The summed E-state index contributed by atoms with van der Waals surface area (Å²) in [7, 11) is 0. The first-order valence-electron chi connectivity index (χ1n) is 4.83. The molecule has 1 unspecified atom stereocenters. The molecule has 0 aliphatic rings. The van der Waals surface area contributed by atoms with Crippen LogP contribution in [0.5, 0.6) is 0 Å². The standard InChI is InChI=1S/C11H11F2N3/c1-7(16-11(14)2-3-15-16)8-4-9(12)6-10(13)5-8/h2-7H,14H2,1H3. The lowest BCUT2D eigenvalue weighted by molar-refractivity contribution is 0.544. The van der Waals surface area contributed by atoms with Crippen LogP contribution in [0.25, 0.3) is 0 Å². The van der Waals surface area contributed by atoms with Gasteiger partial charge in [-0.05, 0) is 30.7 Å². The fourth-order valence-electron chi connectivity index (χ4n) is 1.61. The van der Waals surface area contributed by atoms with Gasteiger partial charge < -0.3 is 5.73 Å². The second kappa shape index (κ2) is 3.92. The number of hydrogen-bond acceptors (Lipinski definition) is 2. The number of aromatic nitrogens is 2. The van der Waals surface area contributed by atoms with Crippen LogP contribution >= 0.6 is 0 Å². The molecule has 2 aromatic rings. The molecule has 3 nitrogen and oxygen atoms in total. The zero-order valence-corrected chi connectivity index (χ0v) is 8.69. The summed E-state index contributed by atoms with van der Waals surface area (Å²) in [6.07, 6.45) is 1.54. The molecule has 16 heavy (non-hydrogen) atoms. The summed E-state index contributed by atoms with van der Waals surface area (Å²) in [5, 5.41) is 4.00. The quantitative estimate of drug-likeness (QED) is 0.849. The SMILES string of the molecule is CC(c1cc(F)cc(F)c1)n1nccc1N. The highest BCUT2D eigenvalue weighted by molar-refractivity contribution is 5.30. The summed E-state index contributed by atoms with van der Waals surface area (Å²) in [5.74, 6) is -0.752. The molecular formula is C11H11F2N3. The van der Waals surface area contributed by atoms with Gasteiger partial charge in [0.15, 0.2) is 0 Å². The third-order valence-corrected chi connectivity index (χ3v) is 2.44. The summed E-state index contributed by atoms with van der Waals surface area (Å²) in [6, 6.07) is 4.71. The predicted molar refractivity (Wildman–Crippen MR) is 56.8 cm³/mol. The van der Waals surface area contributed by atoms with E-state index >= 15 is 0 Å². The number of nitrogen functional groups attached to an aromatic ring is 1. The van der Waals surface area contributed by atoms with E-state index in [4.69, 9.17) is 5.73 Å². The van der Waals surface area contributed by atoms with E-state index in [1.165, 1.54) is 16.8 Å². The van der Waals surface area contributed by atoms with E-state index in [2.05, 4.69) is 5.10 Å². The molecule has 1 atom stereocenters. The van der Waals surface area contributed by atoms with Gasteiger partial charge >= 0.3 is 0 Å². The van der Waals surface area contributed by atoms with Gasteiger partial charge in [-0.3, -0.25) is 0 Å². The molecule has 1 aromatic carbocycles. The highest BCUT2D eigenvalue weighted by Gasteiger charge is 2.12. The van der Waals surface area contributed by atoms with Gasteiger partial charge in [-0.15, -0.1) is 0 Å². The van der Waals surface area contributed by atoms with E-state index < -0.39 is 11.6 Å². The maximum atomic E-state index is 13.0. The van der Waals surface area contributed by atoms with Crippen molar-refractivity contribution in [1.29, 1.82) is 0 Å². The second-order valence-electron chi connectivity index (χ2n) is 3.58. The zero-order chi connectivity index (χ0) is 11.7. The van der Waals surface area contributed by atoms with Crippen molar-refractivity contribution in [3.63, 3.8) is 0 Å². The largest absolute Gasteiger partial charge is 0.384 e. The number of nitrogens with zero attached hydrogens (tertiary/aromatic N) is 2. The van der Waals surface area contributed by atoms with Crippen LogP contribution in [0.4, 0.5) is 14.6 Å². The van der Waals surface area contributed by atoms with Gasteiger partial charge in [-0.1, -0.05) is 0 Å². The molecule has 1 heterocycles. The Bertz CT molecular complexity index is 487. The lowest BCUT2D eigenvalue weighted by Gasteiger charge is -2.14. The Kier molecular flexibility index (Phi) is 2.60. The van der Waals surface area contributed by atoms with E-state index in [0.717, 1.165) is 6.07 Å². The average Bonchev–Trinajstić information content (AvgIpc) is 2.62. The fraction of sp³-hybridized carbons (Fsp3) is 0.182. The average molecular weight is 223 g/mol. The first-order chi connectivity index (χ1) is 7.58. The molecule has 0 spiro atoms. The maximum absolute atomic E-state index is 13.0. The first kappa shape index (κ1) is 10.6. The minimum absolute atomic E-state index is 0.305. The minimum Gasteiger partial charge on any atom is -0.384 e. The zero-order valence-electron chi connectivity index (χ0n) is 8.69. The van der Waals surface area contributed by atoms with Crippen molar-refractivity contribution in [1.82, 2.24) is 9.78 Å². The van der Waals surface area contributed by atoms with Crippen LogP contribution < -0.4 is 5.73 Å². The van der Waals surface area contributed by atoms with Crippen molar-refractivity contribution in [2.75, 3.05) is 5.73 Å². The molecule has 0 saturated carbocycles. The van der Waals surface area contributed by atoms with Crippen molar-refractivity contribution >= 4 is 5.82 Å². The fourth-order valence-corrected chi connectivity index (χ4v) is 1.61. The van der Waals surface area contributed by atoms with Gasteiger partial charge in [0.25, 0.3) is 0 Å². The van der Waals surface area contributed by atoms with E-state index in [1.54, 1.807) is 19.2 Å².